The number of carbonyl (C=O) groups is 1. The number of fused-ring (bicyclic) bond motifs is 1. The number of benzene rings is 4. The Morgan fingerprint density at radius 2 is 1.30 bits per heavy atom. The van der Waals surface area contributed by atoms with Crippen LogP contribution in [0.3, 0.4) is 0 Å². The third-order valence-electron chi connectivity index (χ3n) is 5.45. The Balaban J connectivity index is 1.39. The minimum absolute atomic E-state index is 0.0376. The van der Waals surface area contributed by atoms with Gasteiger partial charge in [0.25, 0.3) is 0 Å². The van der Waals surface area contributed by atoms with Crippen LogP contribution in [0.4, 0.5) is 0 Å². The van der Waals surface area contributed by atoms with Crippen LogP contribution in [0.15, 0.2) is 120 Å². The van der Waals surface area contributed by atoms with Gasteiger partial charge >= 0.3 is 0 Å². The van der Waals surface area contributed by atoms with Crippen molar-refractivity contribution < 1.29 is 4.79 Å². The molecule has 5 heteroatoms. The van der Waals surface area contributed by atoms with E-state index in [1.54, 1.807) is 0 Å². The standard InChI is InChI=1S/C28H23N3OS/c32-26(30-27(21-12-4-1-5-13-21)22-14-6-2-7-15-22)20-33-28-29-24-18-10-11-19-25(24)31(28)23-16-8-3-9-17-23/h1-19,27H,20H2,(H,30,32). The third kappa shape index (κ3) is 4.69. The number of thioether (sulfide) groups is 1. The summed E-state index contributed by atoms with van der Waals surface area (Å²) in [6.07, 6.45) is 0. The Kier molecular flexibility index (Phi) is 6.22. The number of hydrogen-bond acceptors (Lipinski definition) is 3. The molecule has 162 valence electrons. The third-order valence-corrected chi connectivity index (χ3v) is 6.39. The maximum absolute atomic E-state index is 13.1. The van der Waals surface area contributed by atoms with Crippen LogP contribution < -0.4 is 5.32 Å². The lowest BCUT2D eigenvalue weighted by molar-refractivity contribution is -0.119. The van der Waals surface area contributed by atoms with Crippen LogP contribution in [0.25, 0.3) is 16.7 Å². The van der Waals surface area contributed by atoms with Crippen LogP contribution in [0.1, 0.15) is 17.2 Å². The lowest BCUT2D eigenvalue weighted by Crippen LogP contribution is -2.30. The molecule has 5 rings (SSSR count). The number of amides is 1. The summed E-state index contributed by atoms with van der Waals surface area (Å²) in [7, 11) is 0. The van der Waals surface area contributed by atoms with E-state index >= 15 is 0 Å². The Bertz CT molecular complexity index is 1310. The molecule has 0 spiro atoms. The van der Waals surface area contributed by atoms with E-state index in [1.165, 1.54) is 11.8 Å². The number of rotatable bonds is 7. The van der Waals surface area contributed by atoms with Crippen LogP contribution in [-0.4, -0.2) is 21.2 Å². The molecule has 0 radical (unpaired) electrons. The van der Waals surface area contributed by atoms with Crippen LogP contribution in [-0.2, 0) is 4.79 Å². The van der Waals surface area contributed by atoms with Gasteiger partial charge in [-0.1, -0.05) is 103 Å². The topological polar surface area (TPSA) is 46.9 Å². The zero-order chi connectivity index (χ0) is 22.5. The quantitative estimate of drug-likeness (QED) is 0.309. The number of hydrogen-bond donors (Lipinski definition) is 1. The average molecular weight is 450 g/mol. The summed E-state index contributed by atoms with van der Waals surface area (Å²) in [4.78, 5) is 17.9. The fourth-order valence-corrected chi connectivity index (χ4v) is 4.75. The van der Waals surface area contributed by atoms with Crippen molar-refractivity contribution in [3.63, 3.8) is 0 Å². The van der Waals surface area contributed by atoms with E-state index < -0.39 is 0 Å². The molecule has 4 aromatic carbocycles. The van der Waals surface area contributed by atoms with E-state index in [0.29, 0.717) is 0 Å². The summed E-state index contributed by atoms with van der Waals surface area (Å²) in [5.41, 5.74) is 5.08. The molecule has 5 aromatic rings. The van der Waals surface area contributed by atoms with Crippen LogP contribution >= 0.6 is 11.8 Å². The summed E-state index contributed by atoms with van der Waals surface area (Å²) in [5.74, 6) is 0.233. The molecule has 0 saturated heterocycles. The smallest absolute Gasteiger partial charge is 0.231 e. The van der Waals surface area contributed by atoms with Gasteiger partial charge in [0, 0.05) is 5.69 Å². The minimum atomic E-state index is -0.201. The molecule has 4 nitrogen and oxygen atoms in total. The molecule has 0 unspecified atom stereocenters. The SMILES string of the molecule is O=C(CSc1nc2ccccc2n1-c1ccccc1)NC(c1ccccc1)c1ccccc1. The monoisotopic (exact) mass is 449 g/mol. The van der Waals surface area contributed by atoms with Gasteiger partial charge < -0.3 is 5.32 Å². The summed E-state index contributed by atoms with van der Waals surface area (Å²) < 4.78 is 2.11. The van der Waals surface area contributed by atoms with E-state index in [0.717, 1.165) is 33.0 Å². The molecule has 0 atom stereocenters. The van der Waals surface area contributed by atoms with Crippen LogP contribution in [0.2, 0.25) is 0 Å². The zero-order valence-corrected chi connectivity index (χ0v) is 18.8. The van der Waals surface area contributed by atoms with Crippen molar-refractivity contribution in [2.75, 3.05) is 5.75 Å². The highest BCUT2D eigenvalue weighted by Gasteiger charge is 2.18. The molecule has 1 heterocycles. The van der Waals surface area contributed by atoms with Crippen molar-refractivity contribution in [3.8, 4) is 5.69 Å². The van der Waals surface area contributed by atoms with Gasteiger partial charge in [-0.15, -0.1) is 0 Å². The van der Waals surface area contributed by atoms with E-state index in [4.69, 9.17) is 4.98 Å². The average Bonchev–Trinajstić information content (AvgIpc) is 3.26. The predicted molar refractivity (Wildman–Crippen MR) is 135 cm³/mol. The Hall–Kier alpha value is -3.83. The second kappa shape index (κ2) is 9.76. The summed E-state index contributed by atoms with van der Waals surface area (Å²) >= 11 is 1.45. The molecule has 1 amide bonds. The first-order chi connectivity index (χ1) is 16.3. The molecule has 1 aromatic heterocycles. The molecular weight excluding hydrogens is 426 g/mol. The number of aromatic nitrogens is 2. The van der Waals surface area contributed by atoms with Gasteiger partial charge in [-0.05, 0) is 35.4 Å². The van der Waals surface area contributed by atoms with Crippen molar-refractivity contribution >= 4 is 28.7 Å². The van der Waals surface area contributed by atoms with Crippen molar-refractivity contribution in [2.45, 2.75) is 11.2 Å². The first-order valence-electron chi connectivity index (χ1n) is 10.8. The number of carbonyl (C=O) groups excluding carboxylic acids is 1. The Morgan fingerprint density at radius 1 is 0.758 bits per heavy atom. The van der Waals surface area contributed by atoms with Crippen molar-refractivity contribution in [1.82, 2.24) is 14.9 Å². The summed E-state index contributed by atoms with van der Waals surface area (Å²) in [6.45, 7) is 0. The highest BCUT2D eigenvalue weighted by Crippen LogP contribution is 2.28. The van der Waals surface area contributed by atoms with Gasteiger partial charge in [0.15, 0.2) is 5.16 Å². The van der Waals surface area contributed by atoms with Gasteiger partial charge in [0.2, 0.25) is 5.91 Å². The van der Waals surface area contributed by atoms with Gasteiger partial charge in [0.05, 0.1) is 22.8 Å². The number of para-hydroxylation sites is 3. The van der Waals surface area contributed by atoms with Crippen LogP contribution in [0, 0.1) is 0 Å². The van der Waals surface area contributed by atoms with Gasteiger partial charge in [-0.3, -0.25) is 9.36 Å². The van der Waals surface area contributed by atoms with E-state index in [-0.39, 0.29) is 17.7 Å². The largest absolute Gasteiger partial charge is 0.344 e. The van der Waals surface area contributed by atoms with Crippen molar-refractivity contribution in [3.05, 3.63) is 126 Å². The van der Waals surface area contributed by atoms with Gasteiger partial charge in [0.1, 0.15) is 0 Å². The molecule has 0 aliphatic rings. The zero-order valence-electron chi connectivity index (χ0n) is 18.0. The normalized spacial score (nSPS) is 11.1. The molecule has 33 heavy (non-hydrogen) atoms. The maximum atomic E-state index is 13.1. The molecule has 0 aliphatic heterocycles. The highest BCUT2D eigenvalue weighted by molar-refractivity contribution is 7.99. The second-order valence-corrected chi connectivity index (χ2v) is 8.61. The lowest BCUT2D eigenvalue weighted by atomic mass is 9.99. The molecule has 0 aliphatic carbocycles. The summed E-state index contributed by atoms with van der Waals surface area (Å²) in [6, 6.07) is 38.1. The minimum Gasteiger partial charge on any atom is -0.344 e. The number of nitrogens with zero attached hydrogens (tertiary/aromatic N) is 2. The predicted octanol–water partition coefficient (Wildman–Crippen LogP) is 6.02. The Labute approximate surface area is 197 Å². The second-order valence-electron chi connectivity index (χ2n) is 7.66. The first-order valence-corrected chi connectivity index (χ1v) is 11.8. The Morgan fingerprint density at radius 3 is 1.94 bits per heavy atom. The molecule has 0 fully saturated rings. The highest BCUT2D eigenvalue weighted by atomic mass is 32.2. The van der Waals surface area contributed by atoms with E-state index in [9.17, 15) is 4.79 Å². The molecular formula is C28H23N3OS. The van der Waals surface area contributed by atoms with E-state index in [1.807, 2.05) is 97.1 Å². The lowest BCUT2D eigenvalue weighted by Gasteiger charge is -2.20. The maximum Gasteiger partial charge on any atom is 0.231 e. The molecule has 0 bridgehead atoms. The fourth-order valence-electron chi connectivity index (χ4n) is 3.91. The number of imidazole rings is 1. The van der Waals surface area contributed by atoms with Gasteiger partial charge in [-0.25, -0.2) is 4.98 Å². The van der Waals surface area contributed by atoms with Crippen LogP contribution in [0.5, 0.6) is 0 Å². The van der Waals surface area contributed by atoms with Crippen molar-refractivity contribution in [1.29, 1.82) is 0 Å². The van der Waals surface area contributed by atoms with Gasteiger partial charge in [-0.2, -0.15) is 0 Å². The summed E-state index contributed by atoms with van der Waals surface area (Å²) in [5, 5.41) is 4.02. The first kappa shape index (κ1) is 21.0. The number of nitrogens with one attached hydrogen (secondary N) is 1. The fraction of sp³-hybridized carbons (Fsp3) is 0.0714. The van der Waals surface area contributed by atoms with Crippen molar-refractivity contribution in [2.24, 2.45) is 0 Å². The molecule has 1 N–H and O–H groups in total. The van der Waals surface area contributed by atoms with E-state index in [2.05, 4.69) is 28.1 Å². The molecule has 0 saturated carbocycles.